The zero-order valence-electron chi connectivity index (χ0n) is 10.5. The van der Waals surface area contributed by atoms with Gasteiger partial charge < -0.3 is 15.3 Å². The molecule has 0 aliphatic heterocycles. The molecule has 0 atom stereocenters. The van der Waals surface area contributed by atoms with Crippen molar-refractivity contribution >= 4 is 15.8 Å². The van der Waals surface area contributed by atoms with Gasteiger partial charge in [0, 0.05) is 32.4 Å². The maximum atomic E-state index is 12.0. The van der Waals surface area contributed by atoms with Crippen molar-refractivity contribution in [2.75, 3.05) is 12.3 Å². The zero-order valence-corrected chi connectivity index (χ0v) is 11.3. The highest BCUT2D eigenvalue weighted by molar-refractivity contribution is 7.89. The molecule has 2 rings (SSSR count). The largest absolute Gasteiger partial charge is 0.381 e. The molecule has 9 heteroatoms. The van der Waals surface area contributed by atoms with Gasteiger partial charge in [-0.2, -0.15) is 0 Å². The summed E-state index contributed by atoms with van der Waals surface area (Å²) in [6.07, 6.45) is 6.08. The van der Waals surface area contributed by atoms with Crippen LogP contribution in [-0.2, 0) is 23.5 Å². The molecule has 2 aromatic rings. The fraction of sp³-hybridized carbons (Fsp3) is 0.400. The number of aromatic nitrogens is 4. The van der Waals surface area contributed by atoms with Crippen molar-refractivity contribution in [3.05, 3.63) is 24.5 Å². The van der Waals surface area contributed by atoms with Gasteiger partial charge in [-0.05, 0) is 6.42 Å². The monoisotopic (exact) mass is 284 g/mol. The summed E-state index contributed by atoms with van der Waals surface area (Å²) >= 11 is 0. The number of imidazole rings is 2. The predicted octanol–water partition coefficient (Wildman–Crippen LogP) is -0.363. The second-order valence-corrected chi connectivity index (χ2v) is 5.77. The first-order valence-corrected chi connectivity index (χ1v) is 7.24. The van der Waals surface area contributed by atoms with Crippen LogP contribution in [0.5, 0.6) is 0 Å². The fourth-order valence-electron chi connectivity index (χ4n) is 1.73. The molecule has 0 bridgehead atoms. The maximum absolute atomic E-state index is 12.0. The van der Waals surface area contributed by atoms with E-state index in [0.29, 0.717) is 19.4 Å². The van der Waals surface area contributed by atoms with Gasteiger partial charge in [-0.1, -0.05) is 0 Å². The van der Waals surface area contributed by atoms with E-state index in [1.165, 1.54) is 10.9 Å². The number of anilines is 1. The van der Waals surface area contributed by atoms with Crippen molar-refractivity contribution in [1.82, 2.24) is 24.2 Å². The third-order valence-corrected chi connectivity index (χ3v) is 4.19. The molecule has 0 saturated carbocycles. The Bertz CT molecular complexity index is 612. The van der Waals surface area contributed by atoms with Crippen LogP contribution in [0.4, 0.5) is 5.82 Å². The van der Waals surface area contributed by atoms with Gasteiger partial charge in [-0.25, -0.2) is 23.1 Å². The van der Waals surface area contributed by atoms with Gasteiger partial charge in [0.05, 0.1) is 6.33 Å². The zero-order chi connectivity index (χ0) is 13.9. The number of sulfonamides is 1. The lowest BCUT2D eigenvalue weighted by Gasteiger charge is -2.07. The van der Waals surface area contributed by atoms with Crippen LogP contribution >= 0.6 is 0 Å². The van der Waals surface area contributed by atoms with Crippen molar-refractivity contribution in [3.8, 4) is 0 Å². The van der Waals surface area contributed by atoms with Gasteiger partial charge >= 0.3 is 0 Å². The average Bonchev–Trinajstić information content (AvgIpc) is 2.95. The number of nitrogen functional groups attached to an aromatic ring is 1. The molecule has 19 heavy (non-hydrogen) atoms. The second kappa shape index (κ2) is 5.41. The van der Waals surface area contributed by atoms with E-state index >= 15 is 0 Å². The molecule has 0 amide bonds. The van der Waals surface area contributed by atoms with Crippen LogP contribution in [0.2, 0.25) is 0 Å². The standard InChI is InChI=1S/C10H16N6O2S/c1-16-7-14-9(11)10(16)19(17,18)15-4-2-3-8-12-5-6-13-8/h5-7,15H,2-4,11H2,1H3,(H,12,13). The third kappa shape index (κ3) is 3.12. The molecule has 0 aliphatic carbocycles. The fourth-order valence-corrected chi connectivity index (χ4v) is 3.03. The number of hydrogen-bond acceptors (Lipinski definition) is 5. The quantitative estimate of drug-likeness (QED) is 0.626. The molecule has 2 heterocycles. The highest BCUT2D eigenvalue weighted by atomic mass is 32.2. The van der Waals surface area contributed by atoms with Gasteiger partial charge in [0.15, 0.2) is 10.8 Å². The predicted molar refractivity (Wildman–Crippen MR) is 69.7 cm³/mol. The summed E-state index contributed by atoms with van der Waals surface area (Å²) in [5, 5.41) is -0.00880. The maximum Gasteiger partial charge on any atom is 0.260 e. The molecule has 0 saturated heterocycles. The SMILES string of the molecule is Cn1cnc(N)c1S(=O)(=O)NCCCc1ncc[nH]1. The van der Waals surface area contributed by atoms with Crippen LogP contribution in [0.1, 0.15) is 12.2 Å². The minimum Gasteiger partial charge on any atom is -0.381 e. The second-order valence-electron chi connectivity index (χ2n) is 4.08. The number of hydrogen-bond donors (Lipinski definition) is 3. The molecule has 0 radical (unpaired) electrons. The number of aromatic amines is 1. The van der Waals surface area contributed by atoms with Crippen molar-refractivity contribution in [2.45, 2.75) is 17.9 Å². The lowest BCUT2D eigenvalue weighted by atomic mass is 10.3. The molecule has 8 nitrogen and oxygen atoms in total. The molecule has 2 aromatic heterocycles. The highest BCUT2D eigenvalue weighted by Gasteiger charge is 2.21. The van der Waals surface area contributed by atoms with E-state index in [9.17, 15) is 8.42 Å². The van der Waals surface area contributed by atoms with E-state index in [2.05, 4.69) is 19.7 Å². The number of H-pyrrole nitrogens is 1. The Morgan fingerprint density at radius 2 is 2.26 bits per heavy atom. The minimum absolute atomic E-state index is 0.000958. The Labute approximate surface area is 111 Å². The molecule has 0 aromatic carbocycles. The third-order valence-electron chi connectivity index (χ3n) is 2.60. The summed E-state index contributed by atoms with van der Waals surface area (Å²) in [5.41, 5.74) is 5.54. The molecule has 0 unspecified atom stereocenters. The number of rotatable bonds is 6. The van der Waals surface area contributed by atoms with Gasteiger partial charge in [-0.3, -0.25) is 0 Å². The molecule has 0 aliphatic rings. The molecule has 0 spiro atoms. The minimum atomic E-state index is -3.62. The Kier molecular flexibility index (Phi) is 3.86. The topological polar surface area (TPSA) is 119 Å². The first kappa shape index (κ1) is 13.6. The van der Waals surface area contributed by atoms with E-state index in [0.717, 1.165) is 5.82 Å². The lowest BCUT2D eigenvalue weighted by Crippen LogP contribution is -2.27. The van der Waals surface area contributed by atoms with Crippen molar-refractivity contribution < 1.29 is 8.42 Å². The Morgan fingerprint density at radius 3 is 2.84 bits per heavy atom. The van der Waals surface area contributed by atoms with E-state index in [1.807, 2.05) is 0 Å². The van der Waals surface area contributed by atoms with Crippen LogP contribution in [0.3, 0.4) is 0 Å². The van der Waals surface area contributed by atoms with Crippen LogP contribution in [0.25, 0.3) is 0 Å². The summed E-state index contributed by atoms with van der Waals surface area (Å²) < 4.78 is 27.9. The first-order valence-electron chi connectivity index (χ1n) is 5.75. The van der Waals surface area contributed by atoms with Crippen molar-refractivity contribution in [2.24, 2.45) is 7.05 Å². The summed E-state index contributed by atoms with van der Waals surface area (Å²) in [5.74, 6) is 0.834. The molecule has 0 fully saturated rings. The lowest BCUT2D eigenvalue weighted by molar-refractivity contribution is 0.569. The van der Waals surface area contributed by atoms with Gasteiger partial charge in [0.1, 0.15) is 5.82 Å². The van der Waals surface area contributed by atoms with Gasteiger partial charge in [0.2, 0.25) is 0 Å². The van der Waals surface area contributed by atoms with E-state index < -0.39 is 10.0 Å². The molecular weight excluding hydrogens is 268 g/mol. The van der Waals surface area contributed by atoms with E-state index in [-0.39, 0.29) is 10.8 Å². The summed E-state index contributed by atoms with van der Waals surface area (Å²) in [6, 6.07) is 0. The number of nitrogens with two attached hydrogens (primary N) is 1. The molecule has 104 valence electrons. The first-order chi connectivity index (χ1) is 9.00. The van der Waals surface area contributed by atoms with Crippen LogP contribution in [-0.4, -0.2) is 34.5 Å². The normalized spacial score (nSPS) is 11.8. The molecular formula is C10H16N6O2S. The van der Waals surface area contributed by atoms with Gasteiger partial charge in [0.25, 0.3) is 10.0 Å². The van der Waals surface area contributed by atoms with E-state index in [1.54, 1.807) is 19.4 Å². The number of nitrogens with one attached hydrogen (secondary N) is 2. The van der Waals surface area contributed by atoms with Crippen molar-refractivity contribution in [3.63, 3.8) is 0 Å². The van der Waals surface area contributed by atoms with Gasteiger partial charge in [-0.15, -0.1) is 0 Å². The summed E-state index contributed by atoms with van der Waals surface area (Å²) in [7, 11) is -2.04. The Hall–Kier alpha value is -1.87. The smallest absolute Gasteiger partial charge is 0.260 e. The summed E-state index contributed by atoms with van der Waals surface area (Å²) in [6.45, 7) is 0.313. The molecule has 4 N–H and O–H groups in total. The Balaban J connectivity index is 1.92. The number of nitrogens with zero attached hydrogens (tertiary/aromatic N) is 3. The average molecular weight is 284 g/mol. The van der Waals surface area contributed by atoms with Crippen LogP contribution < -0.4 is 10.5 Å². The highest BCUT2D eigenvalue weighted by Crippen LogP contribution is 2.14. The Morgan fingerprint density at radius 1 is 1.47 bits per heavy atom. The number of aryl methyl sites for hydroxylation is 2. The summed E-state index contributed by atoms with van der Waals surface area (Å²) in [4.78, 5) is 10.8. The van der Waals surface area contributed by atoms with E-state index in [4.69, 9.17) is 5.73 Å². The van der Waals surface area contributed by atoms with Crippen LogP contribution in [0, 0.1) is 0 Å². The van der Waals surface area contributed by atoms with Crippen LogP contribution in [0.15, 0.2) is 23.7 Å². The van der Waals surface area contributed by atoms with Crippen molar-refractivity contribution in [1.29, 1.82) is 0 Å².